The number of aryl methyl sites for hydroxylation is 1. The molecule has 0 bridgehead atoms. The van der Waals surface area contributed by atoms with Crippen LogP contribution in [0.1, 0.15) is 35.9 Å². The van der Waals surface area contributed by atoms with Crippen LogP contribution in [0.2, 0.25) is 0 Å². The molecule has 0 amide bonds. The van der Waals surface area contributed by atoms with Gasteiger partial charge >= 0.3 is 0 Å². The van der Waals surface area contributed by atoms with Crippen LogP contribution in [0.15, 0.2) is 42.5 Å². The summed E-state index contributed by atoms with van der Waals surface area (Å²) in [5.41, 5.74) is 0.961. The van der Waals surface area contributed by atoms with Gasteiger partial charge in [-0.3, -0.25) is 0 Å². The van der Waals surface area contributed by atoms with Crippen LogP contribution in [0.5, 0.6) is 0 Å². The molecule has 2 aromatic rings. The molecule has 0 radical (unpaired) electrons. The molecule has 2 rings (SSSR count). The molecular weight excluding hydrogens is 278 g/mol. The van der Waals surface area contributed by atoms with Crippen molar-refractivity contribution in [2.24, 2.45) is 0 Å². The molecule has 0 N–H and O–H groups in total. The highest BCUT2D eigenvalue weighted by Crippen LogP contribution is 2.42. The van der Waals surface area contributed by atoms with Crippen LogP contribution in [-0.4, -0.2) is 0 Å². The molecule has 0 fully saturated rings. The van der Waals surface area contributed by atoms with E-state index in [0.717, 1.165) is 5.56 Å². The van der Waals surface area contributed by atoms with Crippen molar-refractivity contribution in [3.8, 4) is 0 Å². The molecular formula is C17H17ClF2. The van der Waals surface area contributed by atoms with Gasteiger partial charge in [0.1, 0.15) is 11.6 Å². The number of rotatable bonds is 3. The predicted octanol–water partition coefficient (Wildman–Crippen LogP) is 5.53. The molecule has 0 heterocycles. The molecule has 106 valence electrons. The summed E-state index contributed by atoms with van der Waals surface area (Å²) in [6, 6.07) is 12.0. The summed E-state index contributed by atoms with van der Waals surface area (Å²) in [4.78, 5) is 0. The first-order chi connectivity index (χ1) is 9.34. The number of alkyl halides is 1. The molecule has 0 aliphatic rings. The van der Waals surface area contributed by atoms with E-state index < -0.39 is 22.4 Å². The van der Waals surface area contributed by atoms with E-state index in [2.05, 4.69) is 0 Å². The lowest BCUT2D eigenvalue weighted by atomic mass is 9.78. The van der Waals surface area contributed by atoms with Gasteiger partial charge in [0, 0.05) is 11.0 Å². The Morgan fingerprint density at radius 1 is 1.00 bits per heavy atom. The minimum Gasteiger partial charge on any atom is -0.207 e. The van der Waals surface area contributed by atoms with Gasteiger partial charge in [-0.2, -0.15) is 0 Å². The SMILES string of the molecule is Cc1cc(F)c(C(Cl)C(C)(C)c2ccccc2)cc1F. The van der Waals surface area contributed by atoms with Gasteiger partial charge in [-0.05, 0) is 30.2 Å². The molecule has 1 unspecified atom stereocenters. The number of hydrogen-bond acceptors (Lipinski definition) is 0. The molecule has 2 aromatic carbocycles. The van der Waals surface area contributed by atoms with Crippen LogP contribution >= 0.6 is 11.6 Å². The fourth-order valence-corrected chi connectivity index (χ4v) is 2.55. The lowest BCUT2D eigenvalue weighted by molar-refractivity contribution is 0.480. The van der Waals surface area contributed by atoms with Crippen molar-refractivity contribution in [2.45, 2.75) is 31.6 Å². The maximum atomic E-state index is 14.1. The average molecular weight is 295 g/mol. The molecule has 0 aliphatic heterocycles. The summed E-state index contributed by atoms with van der Waals surface area (Å²) >= 11 is 6.46. The molecule has 0 aliphatic carbocycles. The van der Waals surface area contributed by atoms with Crippen molar-refractivity contribution in [2.75, 3.05) is 0 Å². The van der Waals surface area contributed by atoms with Crippen LogP contribution in [0, 0.1) is 18.6 Å². The summed E-state index contributed by atoms with van der Waals surface area (Å²) in [6.07, 6.45) is 0. The zero-order valence-corrected chi connectivity index (χ0v) is 12.5. The molecule has 0 aromatic heterocycles. The van der Waals surface area contributed by atoms with Crippen LogP contribution < -0.4 is 0 Å². The van der Waals surface area contributed by atoms with Gasteiger partial charge in [0.25, 0.3) is 0 Å². The van der Waals surface area contributed by atoms with Crippen molar-refractivity contribution >= 4 is 11.6 Å². The van der Waals surface area contributed by atoms with Crippen LogP contribution in [-0.2, 0) is 5.41 Å². The second-order valence-electron chi connectivity index (χ2n) is 5.57. The number of benzene rings is 2. The van der Waals surface area contributed by atoms with Gasteiger partial charge in [0.2, 0.25) is 0 Å². The smallest absolute Gasteiger partial charge is 0.128 e. The lowest BCUT2D eigenvalue weighted by Crippen LogP contribution is -2.24. The Labute approximate surface area is 123 Å². The lowest BCUT2D eigenvalue weighted by Gasteiger charge is -2.31. The summed E-state index contributed by atoms with van der Waals surface area (Å²) in [5.74, 6) is -0.899. The Bertz CT molecular complexity index is 606. The Kier molecular flexibility index (Phi) is 4.14. The normalized spacial score (nSPS) is 13.3. The predicted molar refractivity (Wildman–Crippen MR) is 79.2 cm³/mol. The maximum absolute atomic E-state index is 14.1. The van der Waals surface area contributed by atoms with Gasteiger partial charge in [0.05, 0.1) is 5.38 Å². The maximum Gasteiger partial charge on any atom is 0.128 e. The molecule has 0 nitrogen and oxygen atoms in total. The molecule has 3 heteroatoms. The van der Waals surface area contributed by atoms with E-state index in [0.29, 0.717) is 0 Å². The summed E-state index contributed by atoms with van der Waals surface area (Å²) < 4.78 is 27.8. The fraction of sp³-hybridized carbons (Fsp3) is 0.294. The highest BCUT2D eigenvalue weighted by Gasteiger charge is 2.33. The Balaban J connectivity index is 2.45. The third kappa shape index (κ3) is 2.71. The monoisotopic (exact) mass is 294 g/mol. The van der Waals surface area contributed by atoms with E-state index in [9.17, 15) is 8.78 Å². The van der Waals surface area contributed by atoms with E-state index in [-0.39, 0.29) is 11.1 Å². The molecule has 0 spiro atoms. The summed E-state index contributed by atoms with van der Waals surface area (Å²) in [6.45, 7) is 5.39. The van der Waals surface area contributed by atoms with Crippen molar-refractivity contribution in [1.29, 1.82) is 0 Å². The second-order valence-corrected chi connectivity index (χ2v) is 6.01. The first-order valence-corrected chi connectivity index (χ1v) is 6.93. The third-order valence-corrected chi connectivity index (χ3v) is 4.48. The minimum atomic E-state index is -0.653. The molecule has 20 heavy (non-hydrogen) atoms. The van der Waals surface area contributed by atoms with Gasteiger partial charge < -0.3 is 0 Å². The standard InChI is InChI=1S/C17H17ClF2/c1-11-9-15(20)13(10-14(11)19)16(18)17(2,3)12-7-5-4-6-8-12/h4-10,16H,1-3H3. The van der Waals surface area contributed by atoms with E-state index in [1.807, 2.05) is 44.2 Å². The van der Waals surface area contributed by atoms with E-state index in [1.165, 1.54) is 19.1 Å². The summed E-state index contributed by atoms with van der Waals surface area (Å²) in [5, 5.41) is -0.653. The number of halogens is 3. The van der Waals surface area contributed by atoms with E-state index in [4.69, 9.17) is 11.6 Å². The summed E-state index contributed by atoms with van der Waals surface area (Å²) in [7, 11) is 0. The largest absolute Gasteiger partial charge is 0.207 e. The van der Waals surface area contributed by atoms with Crippen molar-refractivity contribution < 1.29 is 8.78 Å². The van der Waals surface area contributed by atoms with E-state index >= 15 is 0 Å². The van der Waals surface area contributed by atoms with Gasteiger partial charge in [-0.1, -0.05) is 44.2 Å². The zero-order chi connectivity index (χ0) is 14.9. The molecule has 1 atom stereocenters. The third-order valence-electron chi connectivity index (χ3n) is 3.70. The topological polar surface area (TPSA) is 0 Å². The van der Waals surface area contributed by atoms with Gasteiger partial charge in [0.15, 0.2) is 0 Å². The van der Waals surface area contributed by atoms with Crippen molar-refractivity contribution in [3.63, 3.8) is 0 Å². The second kappa shape index (κ2) is 5.53. The van der Waals surface area contributed by atoms with Crippen LogP contribution in [0.25, 0.3) is 0 Å². The minimum absolute atomic E-state index is 0.198. The van der Waals surface area contributed by atoms with Crippen molar-refractivity contribution in [1.82, 2.24) is 0 Å². The average Bonchev–Trinajstić information content (AvgIpc) is 2.43. The van der Waals surface area contributed by atoms with Crippen LogP contribution in [0.4, 0.5) is 8.78 Å². The van der Waals surface area contributed by atoms with Crippen molar-refractivity contribution in [3.05, 3.63) is 70.8 Å². The molecule has 0 saturated heterocycles. The number of hydrogen-bond donors (Lipinski definition) is 0. The van der Waals surface area contributed by atoms with Gasteiger partial charge in [-0.25, -0.2) is 8.78 Å². The Hall–Kier alpha value is -1.41. The van der Waals surface area contributed by atoms with Crippen LogP contribution in [0.3, 0.4) is 0 Å². The van der Waals surface area contributed by atoms with Gasteiger partial charge in [-0.15, -0.1) is 11.6 Å². The van der Waals surface area contributed by atoms with E-state index in [1.54, 1.807) is 0 Å². The first kappa shape index (κ1) is 15.0. The first-order valence-electron chi connectivity index (χ1n) is 6.49. The highest BCUT2D eigenvalue weighted by atomic mass is 35.5. The Morgan fingerprint density at radius 3 is 2.20 bits per heavy atom. The Morgan fingerprint density at radius 2 is 1.60 bits per heavy atom. The highest BCUT2D eigenvalue weighted by molar-refractivity contribution is 6.21. The zero-order valence-electron chi connectivity index (χ0n) is 11.8. The quantitative estimate of drug-likeness (QED) is 0.653. The fourth-order valence-electron chi connectivity index (χ4n) is 2.26. The molecule has 0 saturated carbocycles.